The molecule has 2 aromatic heterocycles. The Hall–Kier alpha value is -0.620. The van der Waals surface area contributed by atoms with Crippen molar-refractivity contribution < 1.29 is 4.42 Å². The zero-order valence-electron chi connectivity index (χ0n) is 12.2. The van der Waals surface area contributed by atoms with Crippen LogP contribution in [0.1, 0.15) is 29.6 Å². The van der Waals surface area contributed by atoms with Crippen molar-refractivity contribution >= 4 is 27.3 Å². The lowest BCUT2D eigenvalue weighted by atomic mass is 10.2. The van der Waals surface area contributed by atoms with Crippen LogP contribution in [0.5, 0.6) is 0 Å². The normalized spacial score (nSPS) is 11.4. The molecule has 0 aromatic carbocycles. The van der Waals surface area contributed by atoms with Crippen LogP contribution in [0.25, 0.3) is 0 Å². The van der Waals surface area contributed by atoms with Crippen molar-refractivity contribution in [2.45, 2.75) is 33.5 Å². The summed E-state index contributed by atoms with van der Waals surface area (Å²) < 4.78 is 6.97. The summed E-state index contributed by atoms with van der Waals surface area (Å²) in [5.41, 5.74) is 2.62. The van der Waals surface area contributed by atoms with E-state index in [1.54, 1.807) is 11.3 Å². The number of hydrogen-bond donors (Lipinski definition) is 1. The lowest BCUT2D eigenvalue weighted by Gasteiger charge is -2.15. The van der Waals surface area contributed by atoms with Crippen molar-refractivity contribution in [3.63, 3.8) is 0 Å². The predicted molar refractivity (Wildman–Crippen MR) is 88.0 cm³/mol. The smallest absolute Gasteiger partial charge is 0.118 e. The van der Waals surface area contributed by atoms with Crippen LogP contribution < -0.4 is 5.32 Å². The number of aryl methyl sites for hydroxylation is 1. The fourth-order valence-corrected chi connectivity index (χ4v) is 3.37. The third kappa shape index (κ3) is 4.45. The zero-order valence-corrected chi connectivity index (χ0v) is 14.6. The second-order valence-electron chi connectivity index (χ2n) is 5.01. The largest absolute Gasteiger partial charge is 0.465 e. The number of rotatable bonds is 7. The lowest BCUT2D eigenvalue weighted by molar-refractivity contribution is 0.316. The SMILES string of the molecule is CCNCc1cc(CN(C)Cc2csc(Br)c2)c(C)o1. The van der Waals surface area contributed by atoms with Gasteiger partial charge in [-0.15, -0.1) is 11.3 Å². The van der Waals surface area contributed by atoms with Gasteiger partial charge in [0.2, 0.25) is 0 Å². The number of nitrogens with one attached hydrogen (secondary N) is 1. The van der Waals surface area contributed by atoms with E-state index in [1.165, 1.54) is 14.9 Å². The van der Waals surface area contributed by atoms with Crippen molar-refractivity contribution in [2.75, 3.05) is 13.6 Å². The molecule has 0 saturated carbocycles. The summed E-state index contributed by atoms with van der Waals surface area (Å²) >= 11 is 5.24. The minimum atomic E-state index is 0.804. The molecule has 0 aliphatic heterocycles. The number of thiophene rings is 1. The summed E-state index contributed by atoms with van der Waals surface area (Å²) in [4.78, 5) is 2.31. The highest BCUT2D eigenvalue weighted by atomic mass is 79.9. The summed E-state index contributed by atoms with van der Waals surface area (Å²) in [7, 11) is 2.14. The van der Waals surface area contributed by atoms with Gasteiger partial charge in [0, 0.05) is 18.7 Å². The second kappa shape index (κ2) is 7.41. The average molecular weight is 357 g/mol. The maximum absolute atomic E-state index is 5.78. The monoisotopic (exact) mass is 356 g/mol. The van der Waals surface area contributed by atoms with Crippen molar-refractivity contribution in [3.05, 3.63) is 43.9 Å². The zero-order chi connectivity index (χ0) is 14.5. The van der Waals surface area contributed by atoms with E-state index in [1.807, 2.05) is 6.92 Å². The minimum absolute atomic E-state index is 0.804. The van der Waals surface area contributed by atoms with Gasteiger partial charge in [-0.1, -0.05) is 6.92 Å². The molecule has 0 unspecified atom stereocenters. The van der Waals surface area contributed by atoms with Gasteiger partial charge in [-0.2, -0.15) is 0 Å². The van der Waals surface area contributed by atoms with Gasteiger partial charge in [0.25, 0.3) is 0 Å². The molecular weight excluding hydrogens is 336 g/mol. The fourth-order valence-electron chi connectivity index (χ4n) is 2.17. The maximum Gasteiger partial charge on any atom is 0.118 e. The first kappa shape index (κ1) is 15.8. The first-order chi connectivity index (χ1) is 9.58. The Bertz CT molecular complexity index is 550. The van der Waals surface area contributed by atoms with Crippen molar-refractivity contribution in [2.24, 2.45) is 0 Å². The molecule has 0 amide bonds. The first-order valence-corrected chi connectivity index (χ1v) is 8.46. The van der Waals surface area contributed by atoms with E-state index in [4.69, 9.17) is 4.42 Å². The number of halogens is 1. The Kier molecular flexibility index (Phi) is 5.84. The Morgan fingerprint density at radius 1 is 1.35 bits per heavy atom. The standard InChI is InChI=1S/C15H21BrN2OS/c1-4-17-7-14-6-13(11(2)19-14)9-18(3)8-12-5-15(16)20-10-12/h5-6,10,17H,4,7-9H2,1-3H3. The molecule has 0 bridgehead atoms. The topological polar surface area (TPSA) is 28.4 Å². The van der Waals surface area contributed by atoms with Crippen molar-refractivity contribution in [1.82, 2.24) is 10.2 Å². The first-order valence-electron chi connectivity index (χ1n) is 6.78. The predicted octanol–water partition coefficient (Wildman–Crippen LogP) is 4.15. The van der Waals surface area contributed by atoms with Crippen LogP contribution in [-0.4, -0.2) is 18.5 Å². The average Bonchev–Trinajstić information content (AvgIpc) is 2.94. The Balaban J connectivity index is 1.93. The molecule has 0 aliphatic rings. The van der Waals surface area contributed by atoms with Crippen LogP contribution >= 0.6 is 27.3 Å². The summed E-state index contributed by atoms with van der Waals surface area (Å²) in [5.74, 6) is 2.04. The molecule has 20 heavy (non-hydrogen) atoms. The molecule has 1 N–H and O–H groups in total. The van der Waals surface area contributed by atoms with Gasteiger partial charge in [0.1, 0.15) is 11.5 Å². The molecular formula is C15H21BrN2OS. The van der Waals surface area contributed by atoms with Crippen molar-refractivity contribution in [3.8, 4) is 0 Å². The van der Waals surface area contributed by atoms with Crippen LogP contribution in [-0.2, 0) is 19.6 Å². The van der Waals surface area contributed by atoms with Gasteiger partial charge in [-0.3, -0.25) is 4.90 Å². The van der Waals surface area contributed by atoms with Gasteiger partial charge in [-0.25, -0.2) is 0 Å². The summed E-state index contributed by atoms with van der Waals surface area (Å²) in [6, 6.07) is 4.35. The Morgan fingerprint density at radius 2 is 2.15 bits per heavy atom. The summed E-state index contributed by atoms with van der Waals surface area (Å²) in [6.07, 6.45) is 0. The van der Waals surface area contributed by atoms with Crippen LogP contribution in [0.15, 0.2) is 25.7 Å². The molecule has 3 nitrogen and oxygen atoms in total. The highest BCUT2D eigenvalue weighted by Gasteiger charge is 2.10. The molecule has 0 atom stereocenters. The molecule has 0 radical (unpaired) electrons. The van der Waals surface area contributed by atoms with Gasteiger partial charge in [0.15, 0.2) is 0 Å². The van der Waals surface area contributed by atoms with E-state index in [0.29, 0.717) is 0 Å². The van der Waals surface area contributed by atoms with Crippen molar-refractivity contribution in [1.29, 1.82) is 0 Å². The Morgan fingerprint density at radius 3 is 2.80 bits per heavy atom. The number of furan rings is 1. The minimum Gasteiger partial charge on any atom is -0.465 e. The molecule has 0 saturated heterocycles. The highest BCUT2D eigenvalue weighted by Crippen LogP contribution is 2.22. The van der Waals surface area contributed by atoms with Crippen LogP contribution in [0.3, 0.4) is 0 Å². The molecule has 5 heteroatoms. The lowest BCUT2D eigenvalue weighted by Crippen LogP contribution is -2.17. The van der Waals surface area contributed by atoms with E-state index >= 15 is 0 Å². The molecule has 2 rings (SSSR count). The van der Waals surface area contributed by atoms with Gasteiger partial charge < -0.3 is 9.73 Å². The third-order valence-corrected chi connectivity index (χ3v) is 4.69. The number of hydrogen-bond acceptors (Lipinski definition) is 4. The fraction of sp³-hybridized carbons (Fsp3) is 0.467. The summed E-state index contributed by atoms with van der Waals surface area (Å²) in [6.45, 7) is 7.77. The van der Waals surface area contributed by atoms with Gasteiger partial charge in [-0.05, 0) is 59.5 Å². The maximum atomic E-state index is 5.78. The van der Waals surface area contributed by atoms with E-state index in [2.05, 4.69) is 57.6 Å². The molecule has 2 aromatic rings. The third-order valence-electron chi connectivity index (χ3n) is 3.14. The quantitative estimate of drug-likeness (QED) is 0.807. The van der Waals surface area contributed by atoms with Gasteiger partial charge >= 0.3 is 0 Å². The van der Waals surface area contributed by atoms with E-state index in [-0.39, 0.29) is 0 Å². The van der Waals surface area contributed by atoms with E-state index in [9.17, 15) is 0 Å². The van der Waals surface area contributed by atoms with Crippen LogP contribution in [0.2, 0.25) is 0 Å². The molecule has 0 spiro atoms. The van der Waals surface area contributed by atoms with Gasteiger partial charge in [0.05, 0.1) is 10.3 Å². The Labute approximate surface area is 133 Å². The summed E-state index contributed by atoms with van der Waals surface area (Å²) in [5, 5.41) is 5.48. The molecule has 0 aliphatic carbocycles. The molecule has 110 valence electrons. The molecule has 2 heterocycles. The highest BCUT2D eigenvalue weighted by molar-refractivity contribution is 9.11. The van der Waals surface area contributed by atoms with E-state index < -0.39 is 0 Å². The molecule has 0 fully saturated rings. The number of nitrogens with zero attached hydrogens (tertiary/aromatic N) is 1. The van der Waals surface area contributed by atoms with Crippen LogP contribution in [0, 0.1) is 6.92 Å². The van der Waals surface area contributed by atoms with E-state index in [0.717, 1.165) is 37.7 Å². The van der Waals surface area contributed by atoms with Crippen LogP contribution in [0.4, 0.5) is 0 Å². The second-order valence-corrected chi connectivity index (χ2v) is 7.30.